The molecule has 6 nitrogen and oxygen atoms in total. The molecule has 0 saturated carbocycles. The third-order valence-electron chi connectivity index (χ3n) is 5.67. The molecule has 0 radical (unpaired) electrons. The molecule has 1 saturated heterocycles. The Morgan fingerprint density at radius 2 is 1.93 bits per heavy atom. The number of rotatable bonds is 7. The Morgan fingerprint density at radius 1 is 1.07 bits per heavy atom. The molecular formula is C23H27N3O3S. The summed E-state index contributed by atoms with van der Waals surface area (Å²) < 4.78 is 18.5. The molecule has 3 aromatic rings. The van der Waals surface area contributed by atoms with Gasteiger partial charge in [0.05, 0.1) is 10.2 Å². The van der Waals surface area contributed by atoms with E-state index in [9.17, 15) is 0 Å². The van der Waals surface area contributed by atoms with E-state index in [1.165, 1.54) is 17.5 Å². The Balaban J connectivity index is 1.03. The lowest BCUT2D eigenvalue weighted by Crippen LogP contribution is -2.38. The molecule has 1 fully saturated rings. The number of thiazole rings is 1. The number of para-hydroxylation sites is 2. The number of nitrogens with zero attached hydrogens (tertiary/aromatic N) is 2. The largest absolute Gasteiger partial charge is 0.488 e. The lowest BCUT2D eigenvalue weighted by molar-refractivity contribution is 0.162. The molecular weight excluding hydrogens is 398 g/mol. The quantitative estimate of drug-likeness (QED) is 0.579. The van der Waals surface area contributed by atoms with E-state index in [0.717, 1.165) is 54.1 Å². The zero-order valence-corrected chi connectivity index (χ0v) is 17.8. The summed E-state index contributed by atoms with van der Waals surface area (Å²) in [7, 11) is 0. The molecule has 3 heterocycles. The molecule has 0 atom stereocenters. The maximum atomic E-state index is 5.91. The monoisotopic (exact) mass is 425 g/mol. The zero-order chi connectivity index (χ0) is 20.2. The van der Waals surface area contributed by atoms with Crippen molar-refractivity contribution in [2.24, 2.45) is 5.92 Å². The molecule has 0 spiro atoms. The van der Waals surface area contributed by atoms with Crippen molar-refractivity contribution in [1.82, 2.24) is 10.3 Å². The summed E-state index contributed by atoms with van der Waals surface area (Å²) in [6.07, 6.45) is 2.39. The molecule has 0 aliphatic carbocycles. The van der Waals surface area contributed by atoms with Gasteiger partial charge in [-0.1, -0.05) is 29.5 Å². The molecule has 0 amide bonds. The number of ether oxygens (including phenoxy) is 3. The number of hydrogen-bond acceptors (Lipinski definition) is 7. The van der Waals surface area contributed by atoms with Crippen LogP contribution < -0.4 is 24.4 Å². The summed E-state index contributed by atoms with van der Waals surface area (Å²) in [6, 6.07) is 14.2. The predicted octanol–water partition coefficient (Wildman–Crippen LogP) is 3.95. The first kappa shape index (κ1) is 19.5. The Bertz CT molecular complexity index is 952. The van der Waals surface area contributed by atoms with Crippen molar-refractivity contribution in [2.45, 2.75) is 12.8 Å². The van der Waals surface area contributed by atoms with Gasteiger partial charge in [0.1, 0.15) is 19.8 Å². The van der Waals surface area contributed by atoms with E-state index in [0.29, 0.717) is 25.7 Å². The van der Waals surface area contributed by atoms with E-state index >= 15 is 0 Å². The first-order valence-corrected chi connectivity index (χ1v) is 11.5. The minimum absolute atomic E-state index is 0.571. The highest BCUT2D eigenvalue weighted by Crippen LogP contribution is 2.38. The molecule has 2 aliphatic heterocycles. The van der Waals surface area contributed by atoms with E-state index in [2.05, 4.69) is 34.5 Å². The molecule has 30 heavy (non-hydrogen) atoms. The van der Waals surface area contributed by atoms with Crippen LogP contribution in [-0.2, 0) is 0 Å². The maximum absolute atomic E-state index is 5.91. The molecule has 1 aromatic heterocycles. The summed E-state index contributed by atoms with van der Waals surface area (Å²) in [5.41, 5.74) is 1.11. The van der Waals surface area contributed by atoms with Crippen LogP contribution in [0, 0.1) is 5.92 Å². The second-order valence-corrected chi connectivity index (χ2v) is 8.74. The summed E-state index contributed by atoms with van der Waals surface area (Å²) in [4.78, 5) is 7.24. The molecule has 1 N–H and O–H groups in total. The second kappa shape index (κ2) is 9.10. The number of fused-ring (bicyclic) bond motifs is 2. The van der Waals surface area contributed by atoms with Crippen LogP contribution >= 0.6 is 11.3 Å². The Kier molecular flexibility index (Phi) is 5.90. The van der Waals surface area contributed by atoms with Gasteiger partial charge in [-0.3, -0.25) is 0 Å². The molecule has 0 bridgehead atoms. The van der Waals surface area contributed by atoms with Crippen molar-refractivity contribution >= 4 is 26.7 Å². The van der Waals surface area contributed by atoms with Gasteiger partial charge < -0.3 is 24.4 Å². The van der Waals surface area contributed by atoms with Gasteiger partial charge in [-0.05, 0) is 49.6 Å². The van der Waals surface area contributed by atoms with Crippen molar-refractivity contribution in [2.75, 3.05) is 50.9 Å². The van der Waals surface area contributed by atoms with Crippen LogP contribution in [0.4, 0.5) is 5.13 Å². The van der Waals surface area contributed by atoms with Gasteiger partial charge in [0.25, 0.3) is 0 Å². The van der Waals surface area contributed by atoms with E-state index in [-0.39, 0.29) is 0 Å². The highest BCUT2D eigenvalue weighted by atomic mass is 32.1. The van der Waals surface area contributed by atoms with Gasteiger partial charge in [0.2, 0.25) is 5.75 Å². The smallest absolute Gasteiger partial charge is 0.203 e. The van der Waals surface area contributed by atoms with Crippen molar-refractivity contribution in [3.63, 3.8) is 0 Å². The second-order valence-electron chi connectivity index (χ2n) is 7.73. The van der Waals surface area contributed by atoms with Gasteiger partial charge in [-0.15, -0.1) is 0 Å². The summed E-state index contributed by atoms with van der Waals surface area (Å²) >= 11 is 1.80. The fourth-order valence-corrected chi connectivity index (χ4v) is 5.04. The number of nitrogens with one attached hydrogen (secondary N) is 1. The van der Waals surface area contributed by atoms with Crippen LogP contribution in [0.25, 0.3) is 10.2 Å². The van der Waals surface area contributed by atoms with Gasteiger partial charge in [0, 0.05) is 19.6 Å². The Hall–Kier alpha value is -2.51. The van der Waals surface area contributed by atoms with Crippen LogP contribution in [0.3, 0.4) is 0 Å². The third kappa shape index (κ3) is 4.32. The molecule has 7 heteroatoms. The minimum Gasteiger partial charge on any atom is -0.488 e. The molecule has 2 aromatic carbocycles. The molecule has 158 valence electrons. The van der Waals surface area contributed by atoms with E-state index in [1.54, 1.807) is 11.3 Å². The molecule has 5 rings (SSSR count). The van der Waals surface area contributed by atoms with Crippen LogP contribution in [0.1, 0.15) is 12.8 Å². The van der Waals surface area contributed by atoms with E-state index in [1.807, 2.05) is 18.2 Å². The fourth-order valence-electron chi connectivity index (χ4n) is 4.02. The van der Waals surface area contributed by atoms with E-state index < -0.39 is 0 Å². The molecule has 2 aliphatic rings. The zero-order valence-electron chi connectivity index (χ0n) is 17.0. The average Bonchev–Trinajstić information content (AvgIpc) is 3.24. The number of aromatic nitrogens is 1. The highest BCUT2D eigenvalue weighted by molar-refractivity contribution is 7.22. The Morgan fingerprint density at radius 3 is 2.83 bits per heavy atom. The molecule has 0 unspecified atom stereocenters. The van der Waals surface area contributed by atoms with Gasteiger partial charge in [0.15, 0.2) is 16.6 Å². The van der Waals surface area contributed by atoms with Gasteiger partial charge in [-0.25, -0.2) is 4.98 Å². The van der Waals surface area contributed by atoms with Crippen molar-refractivity contribution < 1.29 is 14.2 Å². The third-order valence-corrected chi connectivity index (χ3v) is 6.76. The lowest BCUT2D eigenvalue weighted by Gasteiger charge is -2.31. The van der Waals surface area contributed by atoms with Crippen LogP contribution in [0.15, 0.2) is 42.5 Å². The van der Waals surface area contributed by atoms with Gasteiger partial charge >= 0.3 is 0 Å². The van der Waals surface area contributed by atoms with Crippen LogP contribution in [0.5, 0.6) is 17.2 Å². The number of benzene rings is 2. The fraction of sp³-hybridized carbons (Fsp3) is 0.435. The van der Waals surface area contributed by atoms with E-state index in [4.69, 9.17) is 19.2 Å². The SMILES string of the molecule is c1cc(OCCNCC2CCN(c3nc4ccccc4s3)CC2)c2c(c1)OCCO2. The van der Waals surface area contributed by atoms with Gasteiger partial charge in [-0.2, -0.15) is 0 Å². The summed E-state index contributed by atoms with van der Waals surface area (Å²) in [5, 5.41) is 4.71. The number of piperidine rings is 1. The Labute approximate surface area is 180 Å². The average molecular weight is 426 g/mol. The number of anilines is 1. The minimum atomic E-state index is 0.571. The van der Waals surface area contributed by atoms with Crippen molar-refractivity contribution in [1.29, 1.82) is 0 Å². The van der Waals surface area contributed by atoms with Crippen molar-refractivity contribution in [3.05, 3.63) is 42.5 Å². The van der Waals surface area contributed by atoms with Crippen LogP contribution in [0.2, 0.25) is 0 Å². The normalized spacial score (nSPS) is 16.7. The predicted molar refractivity (Wildman–Crippen MR) is 120 cm³/mol. The first-order chi connectivity index (χ1) is 14.9. The lowest BCUT2D eigenvalue weighted by atomic mass is 9.97. The van der Waals surface area contributed by atoms with Crippen molar-refractivity contribution in [3.8, 4) is 17.2 Å². The summed E-state index contributed by atoms with van der Waals surface area (Å²) in [5.74, 6) is 2.97. The first-order valence-electron chi connectivity index (χ1n) is 10.7. The topological polar surface area (TPSA) is 55.9 Å². The van der Waals surface area contributed by atoms with Crippen LogP contribution in [-0.4, -0.2) is 51.0 Å². The highest BCUT2D eigenvalue weighted by Gasteiger charge is 2.21. The summed E-state index contributed by atoms with van der Waals surface area (Å²) in [6.45, 7) is 5.79. The number of hydrogen-bond donors (Lipinski definition) is 1. The standard InChI is InChI=1S/C23H27N3O3S/c1-2-7-21-18(4-1)25-23(30-21)26-11-8-17(9-12-26)16-24-10-13-27-19-5-3-6-20-22(19)29-15-14-28-20/h1-7,17,24H,8-16H2. The maximum Gasteiger partial charge on any atom is 0.203 e.